The van der Waals surface area contributed by atoms with Crippen LogP contribution in [0.15, 0.2) is 15.0 Å². The van der Waals surface area contributed by atoms with Gasteiger partial charge >= 0.3 is 0 Å². The van der Waals surface area contributed by atoms with E-state index in [1.807, 2.05) is 24.8 Å². The number of carbonyl (C=O) groups excluding carboxylic acids is 1. The fourth-order valence-corrected chi connectivity index (χ4v) is 3.53. The van der Waals surface area contributed by atoms with Gasteiger partial charge in [-0.2, -0.15) is 4.98 Å². The molecule has 0 spiro atoms. The number of carbonyl (C=O) groups is 1. The van der Waals surface area contributed by atoms with E-state index in [1.54, 1.807) is 0 Å². The van der Waals surface area contributed by atoms with Crippen LogP contribution >= 0.6 is 0 Å². The second kappa shape index (κ2) is 6.07. The van der Waals surface area contributed by atoms with Crippen LogP contribution < -0.4 is 0 Å². The van der Waals surface area contributed by atoms with Gasteiger partial charge in [-0.3, -0.25) is 4.79 Å². The SMILES string of the molecule is Cc1cc(C(=O)N2CCC[C@H](Cc3nc(C4CC4)no3)C2)c(C)o1. The number of hydrogen-bond acceptors (Lipinski definition) is 5. The predicted octanol–water partition coefficient (Wildman–Crippen LogP) is 3.25. The Kier molecular flexibility index (Phi) is 3.90. The first-order valence-corrected chi connectivity index (χ1v) is 8.79. The molecule has 0 aromatic carbocycles. The lowest BCUT2D eigenvalue weighted by Crippen LogP contribution is -2.40. The number of aryl methyl sites for hydroxylation is 2. The number of furan rings is 1. The van der Waals surface area contributed by atoms with Crippen LogP contribution in [0.4, 0.5) is 0 Å². The smallest absolute Gasteiger partial charge is 0.257 e. The molecule has 1 amide bonds. The Bertz CT molecular complexity index is 745. The number of piperidine rings is 1. The second-order valence-corrected chi connectivity index (χ2v) is 7.11. The van der Waals surface area contributed by atoms with Gasteiger partial charge in [0.25, 0.3) is 5.91 Å². The minimum atomic E-state index is 0.0678. The molecular formula is C18H23N3O3. The number of nitrogens with zero attached hydrogens (tertiary/aromatic N) is 3. The van der Waals surface area contributed by atoms with Crippen molar-refractivity contribution in [1.82, 2.24) is 15.0 Å². The minimum absolute atomic E-state index is 0.0678. The molecule has 1 aliphatic heterocycles. The molecule has 2 aromatic heterocycles. The van der Waals surface area contributed by atoms with E-state index in [4.69, 9.17) is 8.94 Å². The van der Waals surface area contributed by atoms with Crippen LogP contribution in [0.5, 0.6) is 0 Å². The van der Waals surface area contributed by atoms with Crippen molar-refractivity contribution in [3.63, 3.8) is 0 Å². The normalized spacial score (nSPS) is 21.2. The quantitative estimate of drug-likeness (QED) is 0.861. The highest BCUT2D eigenvalue weighted by Crippen LogP contribution is 2.38. The van der Waals surface area contributed by atoms with Crippen LogP contribution in [0.1, 0.15) is 65.2 Å². The molecule has 0 unspecified atom stereocenters. The van der Waals surface area contributed by atoms with Gasteiger partial charge in [0.1, 0.15) is 11.5 Å². The molecule has 24 heavy (non-hydrogen) atoms. The van der Waals surface area contributed by atoms with Gasteiger partial charge in [-0.25, -0.2) is 0 Å². The van der Waals surface area contributed by atoms with E-state index in [0.717, 1.165) is 43.9 Å². The van der Waals surface area contributed by atoms with E-state index < -0.39 is 0 Å². The first-order chi connectivity index (χ1) is 11.6. The first kappa shape index (κ1) is 15.4. The van der Waals surface area contributed by atoms with Gasteiger partial charge in [-0.05, 0) is 51.5 Å². The molecule has 128 valence electrons. The van der Waals surface area contributed by atoms with Gasteiger partial charge in [0.2, 0.25) is 5.89 Å². The van der Waals surface area contributed by atoms with Gasteiger partial charge in [-0.1, -0.05) is 5.16 Å². The largest absolute Gasteiger partial charge is 0.466 e. The predicted molar refractivity (Wildman–Crippen MR) is 86.8 cm³/mol. The van der Waals surface area contributed by atoms with Crippen LogP contribution in [0, 0.1) is 19.8 Å². The Morgan fingerprint density at radius 2 is 2.17 bits per heavy atom. The van der Waals surface area contributed by atoms with Crippen molar-refractivity contribution in [3.05, 3.63) is 34.9 Å². The van der Waals surface area contributed by atoms with Crippen molar-refractivity contribution in [2.75, 3.05) is 13.1 Å². The van der Waals surface area contributed by atoms with Crippen molar-refractivity contribution in [1.29, 1.82) is 0 Å². The molecular weight excluding hydrogens is 306 g/mol. The summed E-state index contributed by atoms with van der Waals surface area (Å²) in [5, 5.41) is 4.08. The molecule has 2 fully saturated rings. The molecule has 2 aliphatic rings. The Balaban J connectivity index is 1.41. The van der Waals surface area contributed by atoms with Crippen molar-refractivity contribution in [2.45, 2.75) is 51.9 Å². The highest BCUT2D eigenvalue weighted by Gasteiger charge is 2.31. The molecule has 0 bridgehead atoms. The van der Waals surface area contributed by atoms with Gasteiger partial charge < -0.3 is 13.8 Å². The molecule has 1 saturated heterocycles. The standard InChI is InChI=1S/C18H23N3O3/c1-11-8-15(12(2)23-11)18(22)21-7-3-4-13(10-21)9-16-19-17(20-24-16)14-5-6-14/h8,13-14H,3-7,9-10H2,1-2H3/t13-/m1/s1. The maximum absolute atomic E-state index is 12.7. The minimum Gasteiger partial charge on any atom is -0.466 e. The zero-order chi connectivity index (χ0) is 16.7. The van der Waals surface area contributed by atoms with Gasteiger partial charge in [0.15, 0.2) is 5.82 Å². The van der Waals surface area contributed by atoms with Crippen LogP contribution in [0.25, 0.3) is 0 Å². The van der Waals surface area contributed by atoms with E-state index >= 15 is 0 Å². The zero-order valence-corrected chi connectivity index (χ0v) is 14.2. The molecule has 2 aromatic rings. The number of hydrogen-bond donors (Lipinski definition) is 0. The van der Waals surface area contributed by atoms with Crippen molar-refractivity contribution in [3.8, 4) is 0 Å². The fourth-order valence-electron chi connectivity index (χ4n) is 3.53. The molecule has 6 nitrogen and oxygen atoms in total. The van der Waals surface area contributed by atoms with Crippen LogP contribution in [-0.4, -0.2) is 34.0 Å². The number of aromatic nitrogens is 2. The summed E-state index contributed by atoms with van der Waals surface area (Å²) in [6.07, 6.45) is 5.21. The van der Waals surface area contributed by atoms with E-state index in [0.29, 0.717) is 29.1 Å². The topological polar surface area (TPSA) is 72.4 Å². The van der Waals surface area contributed by atoms with Crippen molar-refractivity contribution >= 4 is 5.91 Å². The van der Waals surface area contributed by atoms with E-state index in [2.05, 4.69) is 10.1 Å². The molecule has 1 saturated carbocycles. The summed E-state index contributed by atoms with van der Waals surface area (Å²) in [4.78, 5) is 19.2. The average Bonchev–Trinajstić information content (AvgIpc) is 3.22. The molecule has 1 aliphatic carbocycles. The molecule has 1 atom stereocenters. The lowest BCUT2D eigenvalue weighted by Gasteiger charge is -2.32. The third kappa shape index (κ3) is 3.09. The summed E-state index contributed by atoms with van der Waals surface area (Å²) in [5.74, 6) is 4.01. The molecule has 0 N–H and O–H groups in total. The van der Waals surface area contributed by atoms with E-state index in [1.165, 1.54) is 12.8 Å². The summed E-state index contributed by atoms with van der Waals surface area (Å²) >= 11 is 0. The molecule has 6 heteroatoms. The Labute approximate surface area is 141 Å². The van der Waals surface area contributed by atoms with E-state index in [9.17, 15) is 4.79 Å². The Hall–Kier alpha value is -2.11. The van der Waals surface area contributed by atoms with Gasteiger partial charge in [0, 0.05) is 25.4 Å². The monoisotopic (exact) mass is 329 g/mol. The highest BCUT2D eigenvalue weighted by atomic mass is 16.5. The Morgan fingerprint density at radius 1 is 1.33 bits per heavy atom. The maximum atomic E-state index is 12.7. The average molecular weight is 329 g/mol. The third-order valence-corrected chi connectivity index (χ3v) is 4.97. The number of likely N-dealkylation sites (tertiary alicyclic amines) is 1. The summed E-state index contributed by atoms with van der Waals surface area (Å²) in [7, 11) is 0. The van der Waals surface area contributed by atoms with Crippen LogP contribution in [0.3, 0.4) is 0 Å². The van der Waals surface area contributed by atoms with Crippen LogP contribution in [0.2, 0.25) is 0 Å². The van der Waals surface area contributed by atoms with E-state index in [-0.39, 0.29) is 5.91 Å². The van der Waals surface area contributed by atoms with Gasteiger partial charge in [0.05, 0.1) is 5.56 Å². The summed E-state index contributed by atoms with van der Waals surface area (Å²) < 4.78 is 10.9. The Morgan fingerprint density at radius 3 is 2.88 bits per heavy atom. The highest BCUT2D eigenvalue weighted by molar-refractivity contribution is 5.95. The third-order valence-electron chi connectivity index (χ3n) is 4.97. The fraction of sp³-hybridized carbons (Fsp3) is 0.611. The van der Waals surface area contributed by atoms with Crippen LogP contribution in [-0.2, 0) is 6.42 Å². The lowest BCUT2D eigenvalue weighted by molar-refractivity contribution is 0.0666. The molecule has 4 rings (SSSR count). The summed E-state index contributed by atoms with van der Waals surface area (Å²) in [6.45, 7) is 5.26. The van der Waals surface area contributed by atoms with Crippen molar-refractivity contribution in [2.24, 2.45) is 5.92 Å². The van der Waals surface area contributed by atoms with Crippen molar-refractivity contribution < 1.29 is 13.7 Å². The molecule has 3 heterocycles. The maximum Gasteiger partial charge on any atom is 0.257 e. The summed E-state index contributed by atoms with van der Waals surface area (Å²) in [6, 6.07) is 1.83. The summed E-state index contributed by atoms with van der Waals surface area (Å²) in [5.41, 5.74) is 0.682. The number of amides is 1. The van der Waals surface area contributed by atoms with Gasteiger partial charge in [-0.15, -0.1) is 0 Å². The number of rotatable bonds is 4. The second-order valence-electron chi connectivity index (χ2n) is 7.11. The zero-order valence-electron chi connectivity index (χ0n) is 14.2. The first-order valence-electron chi connectivity index (χ1n) is 8.79. The lowest BCUT2D eigenvalue weighted by atomic mass is 9.94. The molecule has 0 radical (unpaired) electrons.